The summed E-state index contributed by atoms with van der Waals surface area (Å²) in [6, 6.07) is 12.8. The monoisotopic (exact) mass is 417 g/mol. The third-order valence-electron chi connectivity index (χ3n) is 3.34. The number of halogens is 1. The van der Waals surface area contributed by atoms with Crippen molar-refractivity contribution >= 4 is 39.6 Å². The Labute approximate surface area is 161 Å². The van der Waals surface area contributed by atoms with Gasteiger partial charge in [-0.2, -0.15) is 0 Å². The number of hydrogen-bond donors (Lipinski definition) is 1. The fraction of sp³-hybridized carbons (Fsp3) is 0.200. The number of nitrogens with one attached hydrogen (secondary N) is 1. The van der Waals surface area contributed by atoms with E-state index in [0.29, 0.717) is 18.0 Å². The predicted octanol–water partition coefficient (Wildman–Crippen LogP) is 4.35. The summed E-state index contributed by atoms with van der Waals surface area (Å²) >= 11 is 3.41. The van der Waals surface area contributed by atoms with Crippen LogP contribution in [0.3, 0.4) is 0 Å². The second kappa shape index (κ2) is 9.77. The summed E-state index contributed by atoms with van der Waals surface area (Å²) in [5.41, 5.74) is 2.58. The highest BCUT2D eigenvalue weighted by Gasteiger charge is 2.06. The van der Waals surface area contributed by atoms with Crippen molar-refractivity contribution in [2.45, 2.75) is 13.8 Å². The van der Waals surface area contributed by atoms with Crippen molar-refractivity contribution in [3.05, 3.63) is 64.1 Å². The quantitative estimate of drug-likeness (QED) is 0.537. The standard InChI is InChI=1S/C20H20BrNO4/c1-3-25-20(24)11-7-15-5-8-16(9-6-15)22-19(23)13-26-18-10-4-14(2)12-17(18)21/h4-12H,3,13H2,1-2H3,(H,22,23)/b11-7+. The number of esters is 1. The maximum Gasteiger partial charge on any atom is 0.330 e. The van der Waals surface area contributed by atoms with Crippen LogP contribution in [0.2, 0.25) is 0 Å². The van der Waals surface area contributed by atoms with Crippen molar-refractivity contribution in [2.75, 3.05) is 18.5 Å². The second-order valence-electron chi connectivity index (χ2n) is 5.48. The molecule has 0 aromatic heterocycles. The molecule has 0 spiro atoms. The van der Waals surface area contributed by atoms with Crippen molar-refractivity contribution in [1.29, 1.82) is 0 Å². The third-order valence-corrected chi connectivity index (χ3v) is 3.96. The molecule has 0 aliphatic heterocycles. The predicted molar refractivity (Wildman–Crippen MR) is 105 cm³/mol. The lowest BCUT2D eigenvalue weighted by molar-refractivity contribution is -0.137. The molecule has 136 valence electrons. The summed E-state index contributed by atoms with van der Waals surface area (Å²) in [7, 11) is 0. The molecule has 2 aromatic carbocycles. The fourth-order valence-corrected chi connectivity index (χ4v) is 2.70. The van der Waals surface area contributed by atoms with Gasteiger partial charge in [0.25, 0.3) is 5.91 Å². The zero-order chi connectivity index (χ0) is 18.9. The van der Waals surface area contributed by atoms with Crippen LogP contribution in [0.25, 0.3) is 6.08 Å². The summed E-state index contributed by atoms with van der Waals surface area (Å²) in [5.74, 6) is -0.0261. The molecule has 0 bridgehead atoms. The summed E-state index contributed by atoms with van der Waals surface area (Å²) < 4.78 is 11.1. The minimum Gasteiger partial charge on any atom is -0.483 e. The van der Waals surface area contributed by atoms with E-state index >= 15 is 0 Å². The molecule has 0 heterocycles. The van der Waals surface area contributed by atoms with E-state index in [9.17, 15) is 9.59 Å². The molecule has 0 fully saturated rings. The van der Waals surface area contributed by atoms with Crippen LogP contribution in [0.4, 0.5) is 5.69 Å². The Morgan fingerprint density at radius 2 is 1.88 bits per heavy atom. The lowest BCUT2D eigenvalue weighted by Gasteiger charge is -2.09. The minimum atomic E-state index is -0.385. The summed E-state index contributed by atoms with van der Waals surface area (Å²) in [6.45, 7) is 3.98. The Balaban J connectivity index is 1.86. The molecule has 0 saturated heterocycles. The number of carbonyl (C=O) groups is 2. The zero-order valence-corrected chi connectivity index (χ0v) is 16.2. The topological polar surface area (TPSA) is 64.6 Å². The first-order valence-corrected chi connectivity index (χ1v) is 8.91. The second-order valence-corrected chi connectivity index (χ2v) is 6.33. The Morgan fingerprint density at radius 3 is 2.54 bits per heavy atom. The molecule has 5 nitrogen and oxygen atoms in total. The van der Waals surface area contributed by atoms with Gasteiger partial charge in [-0.05, 0) is 71.2 Å². The van der Waals surface area contributed by atoms with Gasteiger partial charge in [0.2, 0.25) is 0 Å². The SMILES string of the molecule is CCOC(=O)/C=C/c1ccc(NC(=O)COc2ccc(C)cc2Br)cc1. The van der Waals surface area contributed by atoms with Crippen molar-refractivity contribution in [1.82, 2.24) is 0 Å². The lowest BCUT2D eigenvalue weighted by atomic mass is 10.2. The molecule has 26 heavy (non-hydrogen) atoms. The van der Waals surface area contributed by atoms with E-state index in [-0.39, 0.29) is 18.5 Å². The highest BCUT2D eigenvalue weighted by Crippen LogP contribution is 2.25. The molecule has 1 amide bonds. The van der Waals surface area contributed by atoms with Crippen LogP contribution in [-0.2, 0) is 14.3 Å². The molecule has 0 aliphatic carbocycles. The van der Waals surface area contributed by atoms with E-state index in [0.717, 1.165) is 15.6 Å². The number of aryl methyl sites for hydroxylation is 1. The minimum absolute atomic E-state index is 0.0911. The van der Waals surface area contributed by atoms with Crippen LogP contribution in [0.1, 0.15) is 18.1 Å². The third kappa shape index (κ3) is 6.37. The number of ether oxygens (including phenoxy) is 2. The first kappa shape index (κ1) is 19.7. The summed E-state index contributed by atoms with van der Waals surface area (Å²) in [4.78, 5) is 23.3. The van der Waals surface area contributed by atoms with Crippen LogP contribution in [0.5, 0.6) is 5.75 Å². The van der Waals surface area contributed by atoms with Gasteiger partial charge in [-0.25, -0.2) is 4.79 Å². The number of hydrogen-bond acceptors (Lipinski definition) is 4. The molecule has 0 aliphatic rings. The summed E-state index contributed by atoms with van der Waals surface area (Å²) in [5, 5.41) is 2.76. The highest BCUT2D eigenvalue weighted by atomic mass is 79.9. The van der Waals surface area contributed by atoms with E-state index < -0.39 is 0 Å². The number of benzene rings is 2. The first-order valence-electron chi connectivity index (χ1n) is 8.11. The Bertz CT molecular complexity index is 800. The molecular weight excluding hydrogens is 398 g/mol. The average Bonchev–Trinajstić information content (AvgIpc) is 2.61. The molecule has 1 N–H and O–H groups in total. The molecule has 0 atom stereocenters. The highest BCUT2D eigenvalue weighted by molar-refractivity contribution is 9.10. The maximum absolute atomic E-state index is 12.0. The van der Waals surface area contributed by atoms with Crippen LogP contribution >= 0.6 is 15.9 Å². The van der Waals surface area contributed by atoms with Gasteiger partial charge in [-0.3, -0.25) is 4.79 Å². The molecular formula is C20H20BrNO4. The van der Waals surface area contributed by atoms with Crippen LogP contribution in [0, 0.1) is 6.92 Å². The van der Waals surface area contributed by atoms with E-state index in [1.807, 2.05) is 25.1 Å². The molecule has 6 heteroatoms. The van der Waals surface area contributed by atoms with Crippen molar-refractivity contribution in [2.24, 2.45) is 0 Å². The Hall–Kier alpha value is -2.60. The molecule has 0 radical (unpaired) electrons. The molecule has 0 saturated carbocycles. The fourth-order valence-electron chi connectivity index (χ4n) is 2.10. The van der Waals surface area contributed by atoms with Crippen LogP contribution in [-0.4, -0.2) is 25.1 Å². The number of anilines is 1. The summed E-state index contributed by atoms with van der Waals surface area (Å²) in [6.07, 6.45) is 3.02. The Morgan fingerprint density at radius 1 is 1.15 bits per heavy atom. The maximum atomic E-state index is 12.0. The molecule has 2 aromatic rings. The number of rotatable bonds is 7. The van der Waals surface area contributed by atoms with Crippen LogP contribution < -0.4 is 10.1 Å². The lowest BCUT2D eigenvalue weighted by Crippen LogP contribution is -2.20. The first-order chi connectivity index (χ1) is 12.5. The van der Waals surface area contributed by atoms with Gasteiger partial charge >= 0.3 is 5.97 Å². The number of amides is 1. The van der Waals surface area contributed by atoms with E-state index in [2.05, 4.69) is 21.2 Å². The molecule has 2 rings (SSSR count). The van der Waals surface area contributed by atoms with Crippen molar-refractivity contribution in [3.63, 3.8) is 0 Å². The van der Waals surface area contributed by atoms with E-state index in [1.165, 1.54) is 6.08 Å². The smallest absolute Gasteiger partial charge is 0.330 e. The Kier molecular flexibility index (Phi) is 7.41. The van der Waals surface area contributed by atoms with Gasteiger partial charge in [-0.1, -0.05) is 18.2 Å². The van der Waals surface area contributed by atoms with Gasteiger partial charge in [0, 0.05) is 11.8 Å². The average molecular weight is 418 g/mol. The van der Waals surface area contributed by atoms with Gasteiger partial charge in [0.05, 0.1) is 11.1 Å². The van der Waals surface area contributed by atoms with E-state index in [1.54, 1.807) is 37.3 Å². The molecule has 0 unspecified atom stereocenters. The van der Waals surface area contributed by atoms with Crippen LogP contribution in [0.15, 0.2) is 53.0 Å². The van der Waals surface area contributed by atoms with E-state index in [4.69, 9.17) is 9.47 Å². The van der Waals surface area contributed by atoms with Gasteiger partial charge in [0.1, 0.15) is 5.75 Å². The van der Waals surface area contributed by atoms with Gasteiger partial charge in [-0.15, -0.1) is 0 Å². The van der Waals surface area contributed by atoms with Crippen molar-refractivity contribution < 1.29 is 19.1 Å². The normalized spacial score (nSPS) is 10.6. The largest absolute Gasteiger partial charge is 0.483 e. The van der Waals surface area contributed by atoms with Crippen molar-refractivity contribution in [3.8, 4) is 5.75 Å². The van der Waals surface area contributed by atoms with Gasteiger partial charge < -0.3 is 14.8 Å². The zero-order valence-electron chi connectivity index (χ0n) is 14.6. The number of carbonyl (C=O) groups excluding carboxylic acids is 2. The van der Waals surface area contributed by atoms with Gasteiger partial charge in [0.15, 0.2) is 6.61 Å².